The van der Waals surface area contributed by atoms with E-state index in [1.807, 2.05) is 14.1 Å². The fourth-order valence-electron chi connectivity index (χ4n) is 3.74. The van der Waals surface area contributed by atoms with E-state index in [1.54, 1.807) is 19.1 Å². The molecule has 1 amide bonds. The third-order valence-electron chi connectivity index (χ3n) is 5.50. The number of amides is 1. The summed E-state index contributed by atoms with van der Waals surface area (Å²) >= 11 is 0. The number of nitrogens with zero attached hydrogens (tertiary/aromatic N) is 3. The van der Waals surface area contributed by atoms with Crippen LogP contribution in [-0.4, -0.2) is 49.5 Å². The first-order valence-corrected chi connectivity index (χ1v) is 9.91. The predicted octanol–water partition coefficient (Wildman–Crippen LogP) is 3.54. The molecule has 0 saturated carbocycles. The van der Waals surface area contributed by atoms with E-state index >= 15 is 0 Å². The maximum Gasteiger partial charge on any atom is 0.273 e. The molecule has 1 N–H and O–H groups in total. The van der Waals surface area contributed by atoms with Crippen molar-refractivity contribution in [3.8, 4) is 0 Å². The zero-order valence-electron chi connectivity index (χ0n) is 17.2. The average Bonchev–Trinajstić information content (AvgIpc) is 3.23. The van der Waals surface area contributed by atoms with Gasteiger partial charge in [-0.1, -0.05) is 18.2 Å². The number of rotatable bonds is 7. The molecule has 1 atom stereocenters. The molecule has 2 aromatic carbocycles. The zero-order valence-corrected chi connectivity index (χ0v) is 17.2. The normalized spacial score (nSPS) is 15.1. The van der Waals surface area contributed by atoms with Gasteiger partial charge in [-0.2, -0.15) is 0 Å². The molecule has 7 nitrogen and oxygen atoms in total. The molecule has 2 aromatic rings. The molecular weight excluding hydrogens is 368 g/mol. The van der Waals surface area contributed by atoms with Gasteiger partial charge in [0.05, 0.1) is 11.0 Å². The molecule has 0 spiro atoms. The Morgan fingerprint density at radius 1 is 1.17 bits per heavy atom. The predicted molar refractivity (Wildman–Crippen MR) is 114 cm³/mol. The van der Waals surface area contributed by atoms with Crippen molar-refractivity contribution in [1.82, 2.24) is 10.2 Å². The van der Waals surface area contributed by atoms with Gasteiger partial charge in [0, 0.05) is 43.5 Å². The van der Waals surface area contributed by atoms with Crippen molar-refractivity contribution in [2.24, 2.45) is 0 Å². The number of nitro groups is 1. The lowest BCUT2D eigenvalue weighted by Gasteiger charge is -2.28. The Morgan fingerprint density at radius 3 is 2.41 bits per heavy atom. The number of likely N-dealkylation sites (tertiary alicyclic amines) is 1. The van der Waals surface area contributed by atoms with Crippen molar-refractivity contribution < 1.29 is 9.72 Å². The maximum absolute atomic E-state index is 12.7. The van der Waals surface area contributed by atoms with Crippen LogP contribution in [0.25, 0.3) is 0 Å². The highest BCUT2D eigenvalue weighted by atomic mass is 16.6. The highest BCUT2D eigenvalue weighted by molar-refractivity contribution is 5.95. The highest BCUT2D eigenvalue weighted by Crippen LogP contribution is 2.26. The molecule has 0 radical (unpaired) electrons. The van der Waals surface area contributed by atoms with Crippen LogP contribution in [0.15, 0.2) is 42.5 Å². The molecule has 1 heterocycles. The lowest BCUT2D eigenvalue weighted by atomic mass is 10.0. The standard InChI is InChI=1S/C22H28N4O3/c1-16-6-7-18(14-20(16)26(28)29)22(27)23-15-21(25-12-4-5-13-25)17-8-10-19(11-9-17)24(2)3/h6-11,14,21H,4-5,12-13,15H2,1-3H3,(H,23,27). The zero-order chi connectivity index (χ0) is 21.0. The Labute approximate surface area is 171 Å². The van der Waals surface area contributed by atoms with Gasteiger partial charge in [0.2, 0.25) is 0 Å². The lowest BCUT2D eigenvalue weighted by Crippen LogP contribution is -2.36. The topological polar surface area (TPSA) is 78.7 Å². The van der Waals surface area contributed by atoms with E-state index in [1.165, 1.54) is 6.07 Å². The monoisotopic (exact) mass is 396 g/mol. The van der Waals surface area contributed by atoms with E-state index in [-0.39, 0.29) is 17.6 Å². The summed E-state index contributed by atoms with van der Waals surface area (Å²) < 4.78 is 0. The number of aryl methyl sites for hydroxylation is 1. The highest BCUT2D eigenvalue weighted by Gasteiger charge is 2.24. The summed E-state index contributed by atoms with van der Waals surface area (Å²) in [4.78, 5) is 27.8. The number of benzene rings is 2. The molecule has 1 aliphatic heterocycles. The minimum Gasteiger partial charge on any atom is -0.378 e. The van der Waals surface area contributed by atoms with Crippen molar-refractivity contribution in [2.75, 3.05) is 38.6 Å². The van der Waals surface area contributed by atoms with Crippen LogP contribution in [0, 0.1) is 17.0 Å². The Morgan fingerprint density at radius 2 is 1.83 bits per heavy atom. The van der Waals surface area contributed by atoms with E-state index in [9.17, 15) is 14.9 Å². The summed E-state index contributed by atoms with van der Waals surface area (Å²) in [6.45, 7) is 4.14. The van der Waals surface area contributed by atoms with Gasteiger partial charge in [-0.05, 0) is 56.6 Å². The molecule has 0 aliphatic carbocycles. The van der Waals surface area contributed by atoms with E-state index < -0.39 is 4.92 Å². The minimum absolute atomic E-state index is 0.0342. The molecule has 1 saturated heterocycles. The molecule has 1 unspecified atom stereocenters. The molecule has 7 heteroatoms. The van der Waals surface area contributed by atoms with Gasteiger partial charge in [0.25, 0.3) is 11.6 Å². The van der Waals surface area contributed by atoms with E-state index in [2.05, 4.69) is 39.4 Å². The van der Waals surface area contributed by atoms with Crippen LogP contribution in [0.2, 0.25) is 0 Å². The molecule has 1 aliphatic rings. The van der Waals surface area contributed by atoms with Gasteiger partial charge in [-0.25, -0.2) is 0 Å². The van der Waals surface area contributed by atoms with Gasteiger partial charge in [-0.3, -0.25) is 19.8 Å². The van der Waals surface area contributed by atoms with Crippen LogP contribution >= 0.6 is 0 Å². The number of nitrogens with one attached hydrogen (secondary N) is 1. The number of hydrogen-bond acceptors (Lipinski definition) is 5. The largest absolute Gasteiger partial charge is 0.378 e. The Kier molecular flexibility index (Phi) is 6.49. The SMILES string of the molecule is Cc1ccc(C(=O)NCC(c2ccc(N(C)C)cc2)N2CCCC2)cc1[N+](=O)[O-]. The van der Waals surface area contributed by atoms with Gasteiger partial charge >= 0.3 is 0 Å². The van der Waals surface area contributed by atoms with Crippen LogP contribution in [0.5, 0.6) is 0 Å². The third-order valence-corrected chi connectivity index (χ3v) is 5.50. The van der Waals surface area contributed by atoms with Gasteiger partial charge < -0.3 is 10.2 Å². The quantitative estimate of drug-likeness (QED) is 0.572. The molecule has 154 valence electrons. The van der Waals surface area contributed by atoms with E-state index in [0.29, 0.717) is 17.7 Å². The van der Waals surface area contributed by atoms with Crippen molar-refractivity contribution in [3.63, 3.8) is 0 Å². The summed E-state index contributed by atoms with van der Waals surface area (Å²) in [5.74, 6) is -0.290. The Balaban J connectivity index is 1.75. The second kappa shape index (κ2) is 9.05. The molecule has 29 heavy (non-hydrogen) atoms. The number of nitro benzene ring substituents is 1. The first kappa shape index (κ1) is 20.8. The van der Waals surface area contributed by atoms with Gasteiger partial charge in [-0.15, -0.1) is 0 Å². The van der Waals surface area contributed by atoms with Crippen LogP contribution < -0.4 is 10.2 Å². The minimum atomic E-state index is -0.453. The van der Waals surface area contributed by atoms with Crippen LogP contribution in [0.1, 0.15) is 40.4 Å². The number of hydrogen-bond donors (Lipinski definition) is 1. The number of carbonyl (C=O) groups excluding carboxylic acids is 1. The molecule has 1 fully saturated rings. The van der Waals surface area contributed by atoms with Gasteiger partial charge in [0.15, 0.2) is 0 Å². The third kappa shape index (κ3) is 4.92. The number of anilines is 1. The number of carbonyl (C=O) groups is 1. The van der Waals surface area contributed by atoms with Gasteiger partial charge in [0.1, 0.15) is 0 Å². The van der Waals surface area contributed by atoms with Crippen molar-refractivity contribution >= 4 is 17.3 Å². The van der Waals surface area contributed by atoms with E-state index in [0.717, 1.165) is 37.2 Å². The van der Waals surface area contributed by atoms with Crippen molar-refractivity contribution in [2.45, 2.75) is 25.8 Å². The summed E-state index contributed by atoms with van der Waals surface area (Å²) in [6.07, 6.45) is 2.31. The molecule has 0 aromatic heterocycles. The smallest absolute Gasteiger partial charge is 0.273 e. The second-order valence-electron chi connectivity index (χ2n) is 7.71. The summed E-state index contributed by atoms with van der Waals surface area (Å²) in [7, 11) is 4.02. The first-order chi connectivity index (χ1) is 13.9. The van der Waals surface area contributed by atoms with Crippen LogP contribution in [0.3, 0.4) is 0 Å². The van der Waals surface area contributed by atoms with E-state index in [4.69, 9.17) is 0 Å². The Bertz CT molecular complexity index is 874. The molecule has 3 rings (SSSR count). The maximum atomic E-state index is 12.7. The van der Waals surface area contributed by atoms with Crippen molar-refractivity contribution in [3.05, 3.63) is 69.3 Å². The van der Waals surface area contributed by atoms with Crippen LogP contribution in [-0.2, 0) is 0 Å². The Hall–Kier alpha value is -2.93. The fourth-order valence-corrected chi connectivity index (χ4v) is 3.74. The summed E-state index contributed by atoms with van der Waals surface area (Å²) in [6, 6.07) is 13.1. The molecular formula is C22H28N4O3. The lowest BCUT2D eigenvalue weighted by molar-refractivity contribution is -0.385. The molecule has 0 bridgehead atoms. The second-order valence-corrected chi connectivity index (χ2v) is 7.71. The van der Waals surface area contributed by atoms with Crippen molar-refractivity contribution in [1.29, 1.82) is 0 Å². The van der Waals surface area contributed by atoms with Crippen LogP contribution in [0.4, 0.5) is 11.4 Å². The average molecular weight is 396 g/mol. The summed E-state index contributed by atoms with van der Waals surface area (Å²) in [5, 5.41) is 14.1. The first-order valence-electron chi connectivity index (χ1n) is 9.91. The fraction of sp³-hybridized carbons (Fsp3) is 0.409. The summed E-state index contributed by atoms with van der Waals surface area (Å²) in [5.41, 5.74) is 3.11.